The first-order valence-electron chi connectivity index (χ1n) is 9.55. The summed E-state index contributed by atoms with van der Waals surface area (Å²) in [7, 11) is 1.66. The zero-order valence-electron chi connectivity index (χ0n) is 16.9. The molecule has 0 saturated carbocycles. The molecule has 1 unspecified atom stereocenters. The number of hydroxylamine groups is 2. The highest BCUT2D eigenvalue weighted by Crippen LogP contribution is 2.39. The van der Waals surface area contributed by atoms with E-state index < -0.39 is 17.6 Å². The Bertz CT molecular complexity index is 852. The Morgan fingerprint density at radius 3 is 2.45 bits per heavy atom. The summed E-state index contributed by atoms with van der Waals surface area (Å²) in [5.74, 6) is -0.709. The third-order valence-electron chi connectivity index (χ3n) is 5.38. The number of nitrogens with zero attached hydrogens (tertiary/aromatic N) is 1. The van der Waals surface area contributed by atoms with Crippen molar-refractivity contribution in [3.05, 3.63) is 59.4 Å². The number of hydrogen-bond donors (Lipinski definition) is 1. The molecule has 1 heterocycles. The fraction of sp³-hybridized carbons (Fsp3) is 0.409. The van der Waals surface area contributed by atoms with Crippen LogP contribution in [0.25, 0.3) is 0 Å². The molecule has 156 valence electrons. The molecule has 0 bridgehead atoms. The van der Waals surface area contributed by atoms with Gasteiger partial charge in [-0.2, -0.15) is 0 Å². The van der Waals surface area contributed by atoms with Crippen molar-refractivity contribution in [1.29, 1.82) is 0 Å². The lowest BCUT2D eigenvalue weighted by Crippen LogP contribution is -2.35. The number of benzene rings is 2. The Balaban J connectivity index is 1.80. The van der Waals surface area contributed by atoms with Crippen molar-refractivity contribution in [3.63, 3.8) is 0 Å². The normalized spacial score (nSPS) is 17.0. The number of methoxy groups -OCH3 is 1. The minimum absolute atomic E-state index is 0.296. The van der Waals surface area contributed by atoms with Crippen LogP contribution in [0.4, 0.5) is 4.39 Å². The monoisotopic (exact) mass is 419 g/mol. The summed E-state index contributed by atoms with van der Waals surface area (Å²) < 4.78 is 25.6. The van der Waals surface area contributed by atoms with Gasteiger partial charge in [-0.3, -0.25) is 10.0 Å². The van der Waals surface area contributed by atoms with Gasteiger partial charge >= 0.3 is 0 Å². The van der Waals surface area contributed by atoms with Crippen molar-refractivity contribution in [2.45, 2.75) is 48.1 Å². The summed E-state index contributed by atoms with van der Waals surface area (Å²) >= 11 is 1.45. The number of halogens is 1. The van der Waals surface area contributed by atoms with Crippen LogP contribution in [-0.4, -0.2) is 36.5 Å². The third-order valence-corrected chi connectivity index (χ3v) is 6.36. The summed E-state index contributed by atoms with van der Waals surface area (Å²) in [6.45, 7) is 4.25. The van der Waals surface area contributed by atoms with Crippen molar-refractivity contribution < 1.29 is 23.9 Å². The van der Waals surface area contributed by atoms with E-state index >= 15 is 0 Å². The van der Waals surface area contributed by atoms with Crippen LogP contribution in [0, 0.1) is 5.82 Å². The van der Waals surface area contributed by atoms with Gasteiger partial charge in [0, 0.05) is 49.9 Å². The van der Waals surface area contributed by atoms with Crippen LogP contribution in [0.2, 0.25) is 0 Å². The van der Waals surface area contributed by atoms with Gasteiger partial charge in [-0.1, -0.05) is 23.9 Å². The molecule has 1 atom stereocenters. The van der Waals surface area contributed by atoms with Crippen LogP contribution < -0.4 is 0 Å². The predicted molar refractivity (Wildman–Crippen MR) is 108 cm³/mol. The molecule has 7 heteroatoms. The Hall–Kier alpha value is -1.93. The van der Waals surface area contributed by atoms with E-state index in [0.29, 0.717) is 31.1 Å². The quantitative estimate of drug-likeness (QED) is 0.532. The largest absolute Gasteiger partial charge is 0.381 e. The molecule has 0 aliphatic carbocycles. The number of ether oxygens (including phenoxy) is 2. The molecular weight excluding hydrogens is 393 g/mol. The van der Waals surface area contributed by atoms with E-state index in [2.05, 4.69) is 0 Å². The van der Waals surface area contributed by atoms with Crippen LogP contribution >= 0.6 is 11.8 Å². The number of amides is 1. The minimum Gasteiger partial charge on any atom is -0.381 e. The van der Waals surface area contributed by atoms with Gasteiger partial charge in [-0.15, -0.1) is 0 Å². The molecule has 1 N–H and O–H groups in total. The molecular formula is C22H26FNO4S. The fourth-order valence-corrected chi connectivity index (χ4v) is 4.46. The van der Waals surface area contributed by atoms with Crippen LogP contribution in [0.5, 0.6) is 0 Å². The summed E-state index contributed by atoms with van der Waals surface area (Å²) in [6, 6.07) is 12.1. The second-order valence-electron chi connectivity index (χ2n) is 7.20. The molecule has 2 aromatic carbocycles. The van der Waals surface area contributed by atoms with E-state index in [9.17, 15) is 14.4 Å². The second-order valence-corrected chi connectivity index (χ2v) is 8.34. The van der Waals surface area contributed by atoms with Crippen LogP contribution in [0.1, 0.15) is 43.9 Å². The average Bonchev–Trinajstić information content (AvgIpc) is 2.73. The molecule has 1 aliphatic rings. The fourth-order valence-electron chi connectivity index (χ4n) is 3.56. The van der Waals surface area contributed by atoms with Crippen molar-refractivity contribution in [3.8, 4) is 0 Å². The lowest BCUT2D eigenvalue weighted by Gasteiger charge is -2.36. The topological polar surface area (TPSA) is 59.0 Å². The van der Waals surface area contributed by atoms with Crippen molar-refractivity contribution in [2.75, 3.05) is 20.3 Å². The van der Waals surface area contributed by atoms with E-state index in [4.69, 9.17) is 9.47 Å². The summed E-state index contributed by atoms with van der Waals surface area (Å²) in [6.07, 6.45) is 1.38. The van der Waals surface area contributed by atoms with E-state index in [1.165, 1.54) is 24.8 Å². The van der Waals surface area contributed by atoms with E-state index in [1.54, 1.807) is 20.1 Å². The van der Waals surface area contributed by atoms with Crippen molar-refractivity contribution in [2.24, 2.45) is 0 Å². The number of carbonyl (C=O) groups is 1. The Kier molecular flexibility index (Phi) is 6.95. The van der Waals surface area contributed by atoms with Gasteiger partial charge < -0.3 is 9.47 Å². The first kappa shape index (κ1) is 21.8. The molecule has 1 amide bonds. The molecule has 0 radical (unpaired) electrons. The van der Waals surface area contributed by atoms with Gasteiger partial charge in [0.25, 0.3) is 0 Å². The average molecular weight is 420 g/mol. The maximum atomic E-state index is 14.4. The van der Waals surface area contributed by atoms with E-state index in [1.807, 2.05) is 30.3 Å². The molecule has 3 rings (SSSR count). The Labute approximate surface area is 174 Å². The lowest BCUT2D eigenvalue weighted by molar-refractivity contribution is -0.172. The first-order chi connectivity index (χ1) is 13.8. The summed E-state index contributed by atoms with van der Waals surface area (Å²) in [5.41, 5.74) is 1.12. The maximum Gasteiger partial charge on any atom is 0.243 e. The summed E-state index contributed by atoms with van der Waals surface area (Å²) in [5, 5.41) is 10.5. The molecule has 29 heavy (non-hydrogen) atoms. The van der Waals surface area contributed by atoms with Gasteiger partial charge in [0.1, 0.15) is 5.82 Å². The molecule has 1 saturated heterocycles. The Morgan fingerprint density at radius 1 is 1.21 bits per heavy atom. The molecule has 0 aromatic heterocycles. The zero-order chi connectivity index (χ0) is 21.0. The highest BCUT2D eigenvalue weighted by Gasteiger charge is 2.35. The van der Waals surface area contributed by atoms with Crippen molar-refractivity contribution in [1.82, 2.24) is 5.06 Å². The first-order valence-corrected chi connectivity index (χ1v) is 10.4. The zero-order valence-corrected chi connectivity index (χ0v) is 17.7. The molecule has 0 spiro atoms. The van der Waals surface area contributed by atoms with Gasteiger partial charge in [-0.25, -0.2) is 9.45 Å². The second kappa shape index (κ2) is 9.26. The maximum absolute atomic E-state index is 14.4. The lowest BCUT2D eigenvalue weighted by atomic mass is 9.86. The highest BCUT2D eigenvalue weighted by molar-refractivity contribution is 7.99. The predicted octanol–water partition coefficient (Wildman–Crippen LogP) is 4.93. The van der Waals surface area contributed by atoms with Gasteiger partial charge in [0.2, 0.25) is 5.91 Å². The minimum atomic E-state index is -0.522. The van der Waals surface area contributed by atoms with E-state index in [0.717, 1.165) is 20.9 Å². The van der Waals surface area contributed by atoms with Crippen LogP contribution in [0.15, 0.2) is 52.3 Å². The smallest absolute Gasteiger partial charge is 0.243 e. The van der Waals surface area contributed by atoms with Gasteiger partial charge in [0.05, 0.1) is 11.6 Å². The summed E-state index contributed by atoms with van der Waals surface area (Å²) in [4.78, 5) is 13.1. The molecule has 1 fully saturated rings. The number of carbonyl (C=O) groups excluding carboxylic acids is 1. The van der Waals surface area contributed by atoms with Crippen LogP contribution in [-0.2, 0) is 19.9 Å². The Morgan fingerprint density at radius 2 is 1.86 bits per heavy atom. The van der Waals surface area contributed by atoms with Gasteiger partial charge in [-0.05, 0) is 48.4 Å². The molecule has 5 nitrogen and oxygen atoms in total. The number of hydrogen-bond acceptors (Lipinski definition) is 5. The highest BCUT2D eigenvalue weighted by atomic mass is 32.2. The van der Waals surface area contributed by atoms with E-state index in [-0.39, 0.29) is 5.82 Å². The number of rotatable bonds is 6. The van der Waals surface area contributed by atoms with Gasteiger partial charge in [0.15, 0.2) is 0 Å². The standard InChI is InChI=1S/C22H26FNO4S/c1-15(24(26)16(2)25)17-4-6-20(7-5-17)29-21-13-18(12-19(23)14-21)22(27-3)8-10-28-11-9-22/h4-7,12-15,26H,8-11H2,1-3H3. The molecule has 1 aliphatic heterocycles. The van der Waals surface area contributed by atoms with Crippen molar-refractivity contribution >= 4 is 17.7 Å². The molecule has 2 aromatic rings. The van der Waals surface area contributed by atoms with Crippen LogP contribution in [0.3, 0.4) is 0 Å². The SMILES string of the molecule is COC1(c2cc(F)cc(Sc3ccc(C(C)N(O)C(C)=O)cc3)c2)CCOCC1. The third kappa shape index (κ3) is 4.98.